The zero-order valence-electron chi connectivity index (χ0n) is 9.01. The van der Waals surface area contributed by atoms with Gasteiger partial charge in [0.25, 0.3) is 0 Å². The lowest BCUT2D eigenvalue weighted by Crippen LogP contribution is -2.11. The van der Waals surface area contributed by atoms with Gasteiger partial charge in [0, 0.05) is 5.92 Å². The monoisotopic (exact) mass is 222 g/mol. The number of hydrogen-bond donors (Lipinski definition) is 2. The fourth-order valence-electron chi connectivity index (χ4n) is 1.65. The van der Waals surface area contributed by atoms with Gasteiger partial charge in [-0.2, -0.15) is 0 Å². The minimum Gasteiger partial charge on any atom is -0.481 e. The number of carbonyl (C=O) groups is 2. The molecule has 1 rings (SSSR count). The van der Waals surface area contributed by atoms with Crippen LogP contribution in [0.15, 0.2) is 24.3 Å². The van der Waals surface area contributed by atoms with E-state index in [4.69, 9.17) is 10.2 Å². The van der Waals surface area contributed by atoms with Gasteiger partial charge in [0.15, 0.2) is 0 Å². The fraction of sp³-hybridized carbons (Fsp3) is 0.333. The van der Waals surface area contributed by atoms with Crippen LogP contribution in [0.2, 0.25) is 0 Å². The molecule has 0 fully saturated rings. The second-order valence-electron chi connectivity index (χ2n) is 3.81. The number of aryl methyl sites for hydroxylation is 1. The quantitative estimate of drug-likeness (QED) is 0.799. The van der Waals surface area contributed by atoms with Crippen LogP contribution in [-0.4, -0.2) is 22.2 Å². The minimum absolute atomic E-state index is 0.157. The highest BCUT2D eigenvalue weighted by Crippen LogP contribution is 2.24. The Hall–Kier alpha value is -1.84. The van der Waals surface area contributed by atoms with Gasteiger partial charge in [0.1, 0.15) is 0 Å². The molecule has 0 aliphatic rings. The summed E-state index contributed by atoms with van der Waals surface area (Å²) in [7, 11) is 0. The fourth-order valence-corrected chi connectivity index (χ4v) is 1.65. The summed E-state index contributed by atoms with van der Waals surface area (Å²) in [6.45, 7) is 1.89. The van der Waals surface area contributed by atoms with Gasteiger partial charge in [0.2, 0.25) is 0 Å². The number of carboxylic acids is 2. The Morgan fingerprint density at radius 3 is 2.19 bits per heavy atom. The Kier molecular flexibility index (Phi) is 4.05. The van der Waals surface area contributed by atoms with Crippen LogP contribution in [0.4, 0.5) is 0 Å². The largest absolute Gasteiger partial charge is 0.481 e. The van der Waals surface area contributed by atoms with Crippen LogP contribution in [0.25, 0.3) is 0 Å². The van der Waals surface area contributed by atoms with E-state index in [0.717, 1.165) is 11.1 Å². The molecule has 4 heteroatoms. The molecule has 86 valence electrons. The summed E-state index contributed by atoms with van der Waals surface area (Å²) in [5.74, 6) is -2.42. The van der Waals surface area contributed by atoms with E-state index in [2.05, 4.69) is 0 Å². The summed E-state index contributed by atoms with van der Waals surface area (Å²) < 4.78 is 0. The highest BCUT2D eigenvalue weighted by Gasteiger charge is 2.18. The van der Waals surface area contributed by atoms with Gasteiger partial charge in [-0.15, -0.1) is 0 Å². The van der Waals surface area contributed by atoms with Crippen LogP contribution in [-0.2, 0) is 9.59 Å². The zero-order valence-corrected chi connectivity index (χ0v) is 9.01. The molecule has 1 aromatic carbocycles. The Balaban J connectivity index is 2.90. The van der Waals surface area contributed by atoms with Crippen LogP contribution in [0.1, 0.15) is 29.9 Å². The predicted molar refractivity (Wildman–Crippen MR) is 58.4 cm³/mol. The summed E-state index contributed by atoms with van der Waals surface area (Å²) in [5, 5.41) is 17.5. The van der Waals surface area contributed by atoms with E-state index in [1.807, 2.05) is 19.1 Å². The molecule has 0 aliphatic carbocycles. The smallest absolute Gasteiger partial charge is 0.303 e. The van der Waals surface area contributed by atoms with E-state index in [9.17, 15) is 9.59 Å². The molecule has 0 amide bonds. The van der Waals surface area contributed by atoms with Crippen molar-refractivity contribution in [3.8, 4) is 0 Å². The van der Waals surface area contributed by atoms with Crippen LogP contribution >= 0.6 is 0 Å². The highest BCUT2D eigenvalue weighted by atomic mass is 16.4. The molecule has 0 spiro atoms. The van der Waals surface area contributed by atoms with Crippen molar-refractivity contribution in [3.63, 3.8) is 0 Å². The lowest BCUT2D eigenvalue weighted by Gasteiger charge is -2.13. The van der Waals surface area contributed by atoms with E-state index >= 15 is 0 Å². The van der Waals surface area contributed by atoms with Crippen molar-refractivity contribution in [2.75, 3.05) is 0 Å². The second kappa shape index (κ2) is 5.30. The first kappa shape index (κ1) is 12.2. The van der Waals surface area contributed by atoms with E-state index < -0.39 is 17.9 Å². The Morgan fingerprint density at radius 2 is 1.75 bits per heavy atom. The first-order valence-electron chi connectivity index (χ1n) is 4.99. The first-order chi connectivity index (χ1) is 7.49. The van der Waals surface area contributed by atoms with Crippen LogP contribution in [0.5, 0.6) is 0 Å². The average molecular weight is 222 g/mol. The van der Waals surface area contributed by atoms with Gasteiger partial charge in [-0.25, -0.2) is 0 Å². The van der Waals surface area contributed by atoms with Crippen molar-refractivity contribution in [2.24, 2.45) is 0 Å². The molecule has 0 saturated heterocycles. The molecule has 0 unspecified atom stereocenters. The number of hydrogen-bond acceptors (Lipinski definition) is 2. The van der Waals surface area contributed by atoms with Gasteiger partial charge in [-0.3, -0.25) is 9.59 Å². The topological polar surface area (TPSA) is 74.6 Å². The molecule has 0 aliphatic heterocycles. The molecule has 1 aromatic rings. The van der Waals surface area contributed by atoms with Gasteiger partial charge in [0.05, 0.1) is 12.8 Å². The summed E-state index contributed by atoms with van der Waals surface area (Å²) in [5.41, 5.74) is 1.77. The van der Waals surface area contributed by atoms with Crippen LogP contribution in [0.3, 0.4) is 0 Å². The number of benzene rings is 1. The second-order valence-corrected chi connectivity index (χ2v) is 3.81. The molecular formula is C12H14O4. The normalized spacial score (nSPS) is 10.4. The van der Waals surface area contributed by atoms with Crippen molar-refractivity contribution < 1.29 is 19.8 Å². The van der Waals surface area contributed by atoms with Crippen molar-refractivity contribution >= 4 is 11.9 Å². The molecule has 2 N–H and O–H groups in total. The van der Waals surface area contributed by atoms with Gasteiger partial charge in [-0.1, -0.05) is 29.8 Å². The van der Waals surface area contributed by atoms with Crippen LogP contribution in [0, 0.1) is 6.92 Å². The molecule has 0 bridgehead atoms. The predicted octanol–water partition coefficient (Wildman–Crippen LogP) is 2.03. The van der Waals surface area contributed by atoms with Crippen molar-refractivity contribution in [1.29, 1.82) is 0 Å². The van der Waals surface area contributed by atoms with Gasteiger partial charge >= 0.3 is 11.9 Å². The summed E-state index contributed by atoms with van der Waals surface area (Å²) >= 11 is 0. The average Bonchev–Trinajstić information content (AvgIpc) is 2.15. The number of aliphatic carboxylic acids is 2. The third-order valence-electron chi connectivity index (χ3n) is 2.36. The zero-order chi connectivity index (χ0) is 12.1. The van der Waals surface area contributed by atoms with E-state index in [-0.39, 0.29) is 12.8 Å². The molecule has 0 aromatic heterocycles. The molecule has 0 radical (unpaired) electrons. The summed E-state index contributed by atoms with van der Waals surface area (Å²) in [6, 6.07) is 7.30. The lowest BCUT2D eigenvalue weighted by atomic mass is 9.91. The third-order valence-corrected chi connectivity index (χ3v) is 2.36. The molecule has 16 heavy (non-hydrogen) atoms. The summed E-state index contributed by atoms with van der Waals surface area (Å²) in [6.07, 6.45) is -0.314. The van der Waals surface area contributed by atoms with E-state index in [1.54, 1.807) is 12.1 Å². The first-order valence-corrected chi connectivity index (χ1v) is 4.99. The lowest BCUT2D eigenvalue weighted by molar-refractivity contribution is -0.139. The highest BCUT2D eigenvalue weighted by molar-refractivity contribution is 5.72. The number of carboxylic acid groups (broad SMARTS) is 2. The Labute approximate surface area is 93.5 Å². The molecular weight excluding hydrogens is 208 g/mol. The molecule has 4 nitrogen and oxygen atoms in total. The maximum atomic E-state index is 10.7. The van der Waals surface area contributed by atoms with Crippen LogP contribution < -0.4 is 0 Å². The van der Waals surface area contributed by atoms with Crippen molar-refractivity contribution in [2.45, 2.75) is 25.7 Å². The standard InChI is InChI=1S/C12H14O4/c1-8-3-2-4-9(5-8)10(6-11(13)14)7-12(15)16/h2-5,10H,6-7H2,1H3,(H,13,14)(H,15,16). The molecule has 0 atom stereocenters. The molecule has 0 heterocycles. The molecule has 0 saturated carbocycles. The Morgan fingerprint density at radius 1 is 1.19 bits per heavy atom. The van der Waals surface area contributed by atoms with Gasteiger partial charge in [-0.05, 0) is 12.5 Å². The Bertz CT molecular complexity index is 382. The number of rotatable bonds is 5. The van der Waals surface area contributed by atoms with E-state index in [0.29, 0.717) is 0 Å². The minimum atomic E-state index is -0.979. The maximum Gasteiger partial charge on any atom is 0.303 e. The summed E-state index contributed by atoms with van der Waals surface area (Å²) in [4.78, 5) is 21.3. The van der Waals surface area contributed by atoms with E-state index in [1.165, 1.54) is 0 Å². The van der Waals surface area contributed by atoms with Gasteiger partial charge < -0.3 is 10.2 Å². The van der Waals surface area contributed by atoms with Crippen molar-refractivity contribution in [3.05, 3.63) is 35.4 Å². The van der Waals surface area contributed by atoms with Crippen molar-refractivity contribution in [1.82, 2.24) is 0 Å². The third kappa shape index (κ3) is 3.73. The maximum absolute atomic E-state index is 10.7. The SMILES string of the molecule is Cc1cccc(C(CC(=O)O)CC(=O)O)c1.